The molecule has 3 aromatic rings. The molecule has 0 atom stereocenters. The highest BCUT2D eigenvalue weighted by Crippen LogP contribution is 2.22. The smallest absolute Gasteiger partial charge is 0.269 e. The Morgan fingerprint density at radius 2 is 1.71 bits per heavy atom. The second-order valence-electron chi connectivity index (χ2n) is 6.13. The van der Waals surface area contributed by atoms with Gasteiger partial charge in [-0.3, -0.25) is 15.6 Å². The molecule has 0 unspecified atom stereocenters. The molecule has 3 rings (SSSR count). The maximum Gasteiger partial charge on any atom is 0.269 e. The van der Waals surface area contributed by atoms with Gasteiger partial charge in [0, 0.05) is 12.1 Å². The molecule has 0 aliphatic rings. The normalized spacial score (nSPS) is 10.2. The van der Waals surface area contributed by atoms with Crippen molar-refractivity contribution in [2.45, 2.75) is 13.5 Å². The van der Waals surface area contributed by atoms with Gasteiger partial charge in [0.05, 0.1) is 7.11 Å². The standard InChI is InChI=1S/C20H22N6O2/c1-13-3-5-14(6-4-13)11-22-18-17(21)19(24-12-23-18)25-26-20(27)15-7-9-16(28-2)10-8-15/h3-10,12H,11,21H2,1-2H3,(H,26,27)(H2,22,23,24,25). The van der Waals surface area contributed by atoms with Crippen LogP contribution < -0.4 is 26.6 Å². The van der Waals surface area contributed by atoms with Crippen LogP contribution in [0.5, 0.6) is 5.75 Å². The molecule has 0 radical (unpaired) electrons. The first kappa shape index (κ1) is 19.0. The third-order valence-corrected chi connectivity index (χ3v) is 4.11. The number of carbonyl (C=O) groups excluding carboxylic acids is 1. The van der Waals surface area contributed by atoms with Gasteiger partial charge in [0.15, 0.2) is 11.6 Å². The van der Waals surface area contributed by atoms with Crippen LogP contribution >= 0.6 is 0 Å². The van der Waals surface area contributed by atoms with Crippen molar-refractivity contribution in [3.8, 4) is 5.75 Å². The van der Waals surface area contributed by atoms with Gasteiger partial charge >= 0.3 is 0 Å². The second kappa shape index (κ2) is 8.72. The first-order valence-electron chi connectivity index (χ1n) is 8.67. The molecular weight excluding hydrogens is 356 g/mol. The van der Waals surface area contributed by atoms with Crippen molar-refractivity contribution in [2.75, 3.05) is 23.6 Å². The monoisotopic (exact) mass is 378 g/mol. The highest BCUT2D eigenvalue weighted by Gasteiger charge is 2.10. The summed E-state index contributed by atoms with van der Waals surface area (Å²) in [5, 5.41) is 3.18. The summed E-state index contributed by atoms with van der Waals surface area (Å²) in [5.74, 6) is 1.14. The molecule has 144 valence electrons. The number of hydrogen-bond donors (Lipinski definition) is 4. The lowest BCUT2D eigenvalue weighted by molar-refractivity contribution is 0.0962. The van der Waals surface area contributed by atoms with E-state index >= 15 is 0 Å². The molecule has 1 heterocycles. The fourth-order valence-electron chi connectivity index (χ4n) is 2.46. The minimum Gasteiger partial charge on any atom is -0.497 e. The number of nitrogens with two attached hydrogens (primary N) is 1. The summed E-state index contributed by atoms with van der Waals surface area (Å²) >= 11 is 0. The molecular formula is C20H22N6O2. The Hall–Kier alpha value is -3.81. The number of nitrogens with zero attached hydrogens (tertiary/aromatic N) is 2. The first-order chi connectivity index (χ1) is 13.6. The molecule has 8 nitrogen and oxygen atoms in total. The molecule has 0 spiro atoms. The van der Waals surface area contributed by atoms with Gasteiger partial charge in [0.25, 0.3) is 5.91 Å². The number of nitrogen functional groups attached to an aromatic ring is 1. The molecule has 0 fully saturated rings. The van der Waals surface area contributed by atoms with Gasteiger partial charge in [0.2, 0.25) is 0 Å². The molecule has 2 aromatic carbocycles. The lowest BCUT2D eigenvalue weighted by Crippen LogP contribution is -2.30. The predicted molar refractivity (Wildman–Crippen MR) is 109 cm³/mol. The van der Waals surface area contributed by atoms with E-state index in [2.05, 4.69) is 26.1 Å². The van der Waals surface area contributed by atoms with Crippen molar-refractivity contribution >= 4 is 23.2 Å². The van der Waals surface area contributed by atoms with E-state index in [1.165, 1.54) is 11.9 Å². The summed E-state index contributed by atoms with van der Waals surface area (Å²) in [4.78, 5) is 20.5. The van der Waals surface area contributed by atoms with Crippen LogP contribution in [-0.4, -0.2) is 23.0 Å². The number of aryl methyl sites for hydroxylation is 1. The van der Waals surface area contributed by atoms with Crippen molar-refractivity contribution in [1.82, 2.24) is 15.4 Å². The molecule has 1 amide bonds. The van der Waals surface area contributed by atoms with Crippen molar-refractivity contribution in [3.63, 3.8) is 0 Å². The fourth-order valence-corrected chi connectivity index (χ4v) is 2.46. The quantitative estimate of drug-likeness (QED) is 0.467. The fraction of sp³-hybridized carbons (Fsp3) is 0.150. The van der Waals surface area contributed by atoms with Gasteiger partial charge in [0.1, 0.15) is 17.8 Å². The first-order valence-corrected chi connectivity index (χ1v) is 8.67. The summed E-state index contributed by atoms with van der Waals surface area (Å²) in [5.41, 5.74) is 14.5. The van der Waals surface area contributed by atoms with Crippen molar-refractivity contribution < 1.29 is 9.53 Å². The maximum absolute atomic E-state index is 12.2. The number of hydrazine groups is 1. The Kier molecular flexibility index (Phi) is 5.91. The number of benzene rings is 2. The maximum atomic E-state index is 12.2. The zero-order valence-corrected chi connectivity index (χ0v) is 15.7. The number of anilines is 3. The zero-order valence-electron chi connectivity index (χ0n) is 15.7. The van der Waals surface area contributed by atoms with E-state index in [0.29, 0.717) is 35.2 Å². The largest absolute Gasteiger partial charge is 0.497 e. The lowest BCUT2D eigenvalue weighted by atomic mass is 10.1. The highest BCUT2D eigenvalue weighted by molar-refractivity contribution is 5.95. The van der Waals surface area contributed by atoms with E-state index < -0.39 is 0 Å². The van der Waals surface area contributed by atoms with Gasteiger partial charge in [-0.15, -0.1) is 0 Å². The molecule has 0 aliphatic carbocycles. The van der Waals surface area contributed by atoms with Crippen molar-refractivity contribution in [3.05, 3.63) is 71.5 Å². The molecule has 5 N–H and O–H groups in total. The minimum atomic E-state index is -0.324. The molecule has 0 saturated carbocycles. The topological polar surface area (TPSA) is 114 Å². The Morgan fingerprint density at radius 1 is 1.04 bits per heavy atom. The number of carbonyl (C=O) groups is 1. The third kappa shape index (κ3) is 4.67. The Morgan fingerprint density at radius 3 is 2.39 bits per heavy atom. The summed E-state index contributed by atoms with van der Waals surface area (Å²) in [6.45, 7) is 2.61. The van der Waals surface area contributed by atoms with Crippen LogP contribution in [0.1, 0.15) is 21.5 Å². The van der Waals surface area contributed by atoms with Crippen LogP contribution in [0.3, 0.4) is 0 Å². The zero-order chi connectivity index (χ0) is 19.9. The lowest BCUT2D eigenvalue weighted by Gasteiger charge is -2.13. The number of aromatic nitrogens is 2. The number of nitrogens with one attached hydrogen (secondary N) is 3. The van der Waals surface area contributed by atoms with Crippen LogP contribution in [0.15, 0.2) is 54.9 Å². The van der Waals surface area contributed by atoms with Crippen LogP contribution in [-0.2, 0) is 6.54 Å². The SMILES string of the molecule is COc1ccc(C(=O)NNc2ncnc(NCc3ccc(C)cc3)c2N)cc1. The van der Waals surface area contributed by atoms with Gasteiger partial charge in [-0.2, -0.15) is 0 Å². The molecule has 0 saturated heterocycles. The van der Waals surface area contributed by atoms with Crippen LogP contribution in [0.25, 0.3) is 0 Å². The average Bonchev–Trinajstić information content (AvgIpc) is 2.73. The Labute approximate surface area is 163 Å². The van der Waals surface area contributed by atoms with E-state index in [9.17, 15) is 4.79 Å². The number of hydrogen-bond acceptors (Lipinski definition) is 7. The summed E-state index contributed by atoms with van der Waals surface area (Å²) < 4.78 is 5.08. The van der Waals surface area contributed by atoms with Crippen LogP contribution in [0, 0.1) is 6.92 Å². The van der Waals surface area contributed by atoms with Crippen LogP contribution in [0.2, 0.25) is 0 Å². The Balaban J connectivity index is 1.61. The van der Waals surface area contributed by atoms with Gasteiger partial charge in [-0.25, -0.2) is 9.97 Å². The summed E-state index contributed by atoms with van der Waals surface area (Å²) in [6.07, 6.45) is 1.37. The highest BCUT2D eigenvalue weighted by atomic mass is 16.5. The van der Waals surface area contributed by atoms with E-state index in [1.807, 2.05) is 31.2 Å². The number of amides is 1. The average molecular weight is 378 g/mol. The minimum absolute atomic E-state index is 0.309. The van der Waals surface area contributed by atoms with Crippen molar-refractivity contribution in [1.29, 1.82) is 0 Å². The predicted octanol–water partition coefficient (Wildman–Crippen LogP) is 2.74. The third-order valence-electron chi connectivity index (χ3n) is 4.11. The number of rotatable bonds is 7. The molecule has 1 aromatic heterocycles. The molecule has 0 aliphatic heterocycles. The van der Waals surface area contributed by atoms with Crippen molar-refractivity contribution in [2.24, 2.45) is 0 Å². The molecule has 0 bridgehead atoms. The van der Waals surface area contributed by atoms with E-state index in [-0.39, 0.29) is 5.91 Å². The second-order valence-corrected chi connectivity index (χ2v) is 6.13. The van der Waals surface area contributed by atoms with Gasteiger partial charge in [-0.05, 0) is 36.8 Å². The molecule has 8 heteroatoms. The number of methoxy groups -OCH3 is 1. The van der Waals surface area contributed by atoms with E-state index in [1.54, 1.807) is 31.4 Å². The summed E-state index contributed by atoms with van der Waals surface area (Å²) in [7, 11) is 1.57. The number of ether oxygens (including phenoxy) is 1. The Bertz CT molecular complexity index is 942. The van der Waals surface area contributed by atoms with Gasteiger partial charge in [-0.1, -0.05) is 29.8 Å². The van der Waals surface area contributed by atoms with E-state index in [4.69, 9.17) is 10.5 Å². The van der Waals surface area contributed by atoms with Crippen LogP contribution in [0.4, 0.5) is 17.3 Å². The van der Waals surface area contributed by atoms with Gasteiger partial charge < -0.3 is 15.8 Å². The van der Waals surface area contributed by atoms with E-state index in [0.717, 1.165) is 5.56 Å². The summed E-state index contributed by atoms with van der Waals surface area (Å²) in [6, 6.07) is 14.9. The molecule has 28 heavy (non-hydrogen) atoms.